The minimum absolute atomic E-state index is 0.00798. The summed E-state index contributed by atoms with van der Waals surface area (Å²) in [6, 6.07) is 14.0. The smallest absolute Gasteiger partial charge is 0.261 e. The van der Waals surface area contributed by atoms with E-state index in [0.29, 0.717) is 17.8 Å². The summed E-state index contributed by atoms with van der Waals surface area (Å²) in [5.74, 6) is 0.679. The Morgan fingerprint density at radius 3 is 2.48 bits per heavy atom. The molecule has 0 saturated heterocycles. The van der Waals surface area contributed by atoms with Gasteiger partial charge in [0, 0.05) is 29.9 Å². The Morgan fingerprint density at radius 1 is 1.12 bits per heavy atom. The van der Waals surface area contributed by atoms with Crippen molar-refractivity contribution in [1.82, 2.24) is 9.55 Å². The molecule has 0 bridgehead atoms. The maximum absolute atomic E-state index is 12.7. The topological polar surface area (TPSA) is 38.1 Å². The summed E-state index contributed by atoms with van der Waals surface area (Å²) >= 11 is 2.22. The predicted octanol–water partition coefficient (Wildman–Crippen LogP) is 4.26. The number of hydrogen-bond acceptors (Lipinski definition) is 3. The first-order valence-corrected chi connectivity index (χ1v) is 9.23. The molecule has 4 nitrogen and oxygen atoms in total. The van der Waals surface area contributed by atoms with Crippen molar-refractivity contribution in [3.8, 4) is 0 Å². The van der Waals surface area contributed by atoms with Gasteiger partial charge in [-0.1, -0.05) is 18.2 Å². The molecule has 0 atom stereocenters. The van der Waals surface area contributed by atoms with Crippen LogP contribution >= 0.6 is 22.6 Å². The summed E-state index contributed by atoms with van der Waals surface area (Å²) in [5, 5.41) is 0.668. The second-order valence-corrected chi connectivity index (χ2v) is 7.25. The van der Waals surface area contributed by atoms with Crippen LogP contribution in [-0.4, -0.2) is 23.6 Å². The minimum atomic E-state index is 0.00798. The molecule has 25 heavy (non-hydrogen) atoms. The molecule has 0 spiro atoms. The van der Waals surface area contributed by atoms with Gasteiger partial charge in [0.2, 0.25) is 0 Å². The van der Waals surface area contributed by atoms with Crippen LogP contribution in [0.2, 0.25) is 0 Å². The van der Waals surface area contributed by atoms with E-state index >= 15 is 0 Å². The molecule has 0 radical (unpaired) electrons. The van der Waals surface area contributed by atoms with Crippen molar-refractivity contribution < 1.29 is 0 Å². The fraction of sp³-hybridized carbons (Fsp3) is 0.200. The van der Waals surface area contributed by atoms with Crippen molar-refractivity contribution in [1.29, 1.82) is 0 Å². The van der Waals surface area contributed by atoms with Gasteiger partial charge in [-0.3, -0.25) is 9.36 Å². The number of nitrogens with zero attached hydrogens (tertiary/aromatic N) is 3. The Kier molecular flexibility index (Phi) is 5.22. The van der Waals surface area contributed by atoms with Crippen molar-refractivity contribution in [3.63, 3.8) is 0 Å². The lowest BCUT2D eigenvalue weighted by Gasteiger charge is -2.12. The average molecular weight is 445 g/mol. The first-order chi connectivity index (χ1) is 12.0. The third-order valence-electron chi connectivity index (χ3n) is 4.10. The molecule has 0 unspecified atom stereocenters. The normalized spacial score (nSPS) is 11.4. The quantitative estimate of drug-likeness (QED) is 0.564. The molecule has 1 heterocycles. The van der Waals surface area contributed by atoms with Crippen molar-refractivity contribution in [2.75, 3.05) is 19.0 Å². The first kappa shape index (κ1) is 17.7. The van der Waals surface area contributed by atoms with Gasteiger partial charge >= 0.3 is 0 Å². The van der Waals surface area contributed by atoms with Gasteiger partial charge in [0.25, 0.3) is 5.56 Å². The Hall–Kier alpha value is -2.15. The molecule has 1 aromatic heterocycles. The van der Waals surface area contributed by atoms with Crippen molar-refractivity contribution in [2.24, 2.45) is 0 Å². The lowest BCUT2D eigenvalue weighted by Crippen LogP contribution is -2.23. The molecule has 0 N–H and O–H groups in total. The van der Waals surface area contributed by atoms with Gasteiger partial charge < -0.3 is 4.90 Å². The predicted molar refractivity (Wildman–Crippen MR) is 114 cm³/mol. The third-order valence-corrected chi connectivity index (χ3v) is 4.77. The molecule has 3 rings (SSSR count). The molecule has 0 aliphatic heterocycles. The molecule has 128 valence electrons. The second kappa shape index (κ2) is 7.39. The van der Waals surface area contributed by atoms with E-state index < -0.39 is 0 Å². The van der Waals surface area contributed by atoms with Crippen LogP contribution in [-0.2, 0) is 6.54 Å². The van der Waals surface area contributed by atoms with E-state index in [1.54, 1.807) is 4.57 Å². The van der Waals surface area contributed by atoms with Crippen LogP contribution in [0.1, 0.15) is 18.3 Å². The molecule has 2 aromatic carbocycles. The van der Waals surface area contributed by atoms with E-state index in [2.05, 4.69) is 56.7 Å². The van der Waals surface area contributed by atoms with Crippen LogP contribution in [0.15, 0.2) is 47.3 Å². The van der Waals surface area contributed by atoms with Crippen LogP contribution in [0.25, 0.3) is 23.1 Å². The molecular weight excluding hydrogens is 425 g/mol. The van der Waals surface area contributed by atoms with Gasteiger partial charge in [-0.05, 0) is 71.5 Å². The first-order valence-electron chi connectivity index (χ1n) is 8.15. The van der Waals surface area contributed by atoms with Gasteiger partial charge in [0.05, 0.1) is 10.9 Å². The highest BCUT2D eigenvalue weighted by atomic mass is 127. The molecule has 3 aromatic rings. The van der Waals surface area contributed by atoms with Crippen LogP contribution in [0.4, 0.5) is 5.69 Å². The van der Waals surface area contributed by atoms with Crippen LogP contribution < -0.4 is 10.5 Å². The van der Waals surface area contributed by atoms with Gasteiger partial charge in [-0.2, -0.15) is 0 Å². The SMILES string of the molecule is CCn1c(C=Cc2ccc(N(C)C)cc2)nc2ccc(I)cc2c1=O. The molecule has 0 amide bonds. The Morgan fingerprint density at radius 2 is 1.84 bits per heavy atom. The van der Waals surface area contributed by atoms with E-state index in [4.69, 9.17) is 0 Å². The Labute approximate surface area is 161 Å². The van der Waals surface area contributed by atoms with Gasteiger partial charge in [-0.25, -0.2) is 4.98 Å². The van der Waals surface area contributed by atoms with Crippen LogP contribution in [0.3, 0.4) is 0 Å². The van der Waals surface area contributed by atoms with E-state index in [0.717, 1.165) is 20.3 Å². The van der Waals surface area contributed by atoms with E-state index in [9.17, 15) is 4.79 Å². The zero-order valence-electron chi connectivity index (χ0n) is 14.5. The number of rotatable bonds is 4. The Balaban J connectivity index is 2.03. The maximum Gasteiger partial charge on any atom is 0.261 e. The maximum atomic E-state index is 12.7. The molecule has 0 aliphatic rings. The average Bonchev–Trinajstić information content (AvgIpc) is 2.61. The summed E-state index contributed by atoms with van der Waals surface area (Å²) in [6.07, 6.45) is 3.90. The standard InChI is InChI=1S/C20H20IN3O/c1-4-24-19(12-7-14-5-9-16(10-6-14)23(2)3)22-18-11-8-15(21)13-17(18)20(24)25/h5-13H,4H2,1-3H3. The molecule has 5 heteroatoms. The van der Waals surface area contributed by atoms with Crippen molar-refractivity contribution in [2.45, 2.75) is 13.5 Å². The van der Waals surface area contributed by atoms with E-state index in [1.165, 1.54) is 0 Å². The van der Waals surface area contributed by atoms with Crippen LogP contribution in [0, 0.1) is 3.57 Å². The number of benzene rings is 2. The highest BCUT2D eigenvalue weighted by Crippen LogP contribution is 2.16. The molecular formula is C20H20IN3O. The number of halogens is 1. The van der Waals surface area contributed by atoms with E-state index in [-0.39, 0.29) is 5.56 Å². The van der Waals surface area contributed by atoms with Gasteiger partial charge in [-0.15, -0.1) is 0 Å². The van der Waals surface area contributed by atoms with Gasteiger partial charge in [0.1, 0.15) is 5.82 Å². The fourth-order valence-corrected chi connectivity index (χ4v) is 3.19. The molecule has 0 fully saturated rings. The van der Waals surface area contributed by atoms with Crippen molar-refractivity contribution >= 4 is 51.3 Å². The van der Waals surface area contributed by atoms with Crippen LogP contribution in [0.5, 0.6) is 0 Å². The highest BCUT2D eigenvalue weighted by Gasteiger charge is 2.08. The fourth-order valence-electron chi connectivity index (χ4n) is 2.70. The summed E-state index contributed by atoms with van der Waals surface area (Å²) in [6.45, 7) is 2.55. The Bertz CT molecular complexity index is 988. The largest absolute Gasteiger partial charge is 0.378 e. The highest BCUT2D eigenvalue weighted by molar-refractivity contribution is 14.1. The monoisotopic (exact) mass is 445 g/mol. The van der Waals surface area contributed by atoms with E-state index in [1.807, 2.05) is 51.4 Å². The third kappa shape index (κ3) is 3.76. The van der Waals surface area contributed by atoms with Crippen molar-refractivity contribution in [3.05, 3.63) is 67.8 Å². The second-order valence-electron chi connectivity index (χ2n) is 6.00. The number of hydrogen-bond donors (Lipinski definition) is 0. The zero-order valence-corrected chi connectivity index (χ0v) is 16.7. The number of fused-ring (bicyclic) bond motifs is 1. The lowest BCUT2D eigenvalue weighted by atomic mass is 10.2. The minimum Gasteiger partial charge on any atom is -0.378 e. The van der Waals surface area contributed by atoms with Gasteiger partial charge in [0.15, 0.2) is 0 Å². The summed E-state index contributed by atoms with van der Waals surface area (Å²) in [5.41, 5.74) is 2.97. The zero-order chi connectivity index (χ0) is 18.0. The molecule has 0 saturated carbocycles. The summed E-state index contributed by atoms with van der Waals surface area (Å²) < 4.78 is 2.75. The summed E-state index contributed by atoms with van der Waals surface area (Å²) in [4.78, 5) is 19.5. The molecule has 0 aliphatic carbocycles. The number of aromatic nitrogens is 2. The lowest BCUT2D eigenvalue weighted by molar-refractivity contribution is 0.708. The number of anilines is 1. The summed E-state index contributed by atoms with van der Waals surface area (Å²) in [7, 11) is 4.04.